The lowest BCUT2D eigenvalue weighted by Gasteiger charge is -2.23. The van der Waals surface area contributed by atoms with E-state index in [2.05, 4.69) is 39.0 Å². The second kappa shape index (κ2) is 3.09. The van der Waals surface area contributed by atoms with Gasteiger partial charge in [0.05, 0.1) is 0 Å². The molecule has 2 N–H and O–H groups in total. The molecule has 1 saturated carbocycles. The Bertz CT molecular complexity index is 348. The van der Waals surface area contributed by atoms with Gasteiger partial charge < -0.3 is 5.73 Å². The van der Waals surface area contributed by atoms with Crippen LogP contribution in [0.25, 0.3) is 0 Å². The molecule has 1 heteroatoms. The van der Waals surface area contributed by atoms with Crippen LogP contribution in [0.3, 0.4) is 0 Å². The Morgan fingerprint density at radius 3 is 2.43 bits per heavy atom. The highest BCUT2D eigenvalue weighted by Crippen LogP contribution is 2.51. The summed E-state index contributed by atoms with van der Waals surface area (Å²) in [5.41, 5.74) is 10.7. The molecule has 0 radical (unpaired) electrons. The van der Waals surface area contributed by atoms with Crippen LogP contribution in [0.4, 0.5) is 0 Å². The number of aryl methyl sites for hydroxylation is 1. The highest BCUT2D eigenvalue weighted by atomic mass is 14.7. The summed E-state index contributed by atoms with van der Waals surface area (Å²) < 4.78 is 0. The Morgan fingerprint density at radius 1 is 1.29 bits per heavy atom. The van der Waals surface area contributed by atoms with Crippen LogP contribution in [0.1, 0.15) is 36.5 Å². The van der Waals surface area contributed by atoms with E-state index in [1.54, 1.807) is 0 Å². The molecule has 0 amide bonds. The molecule has 2 rings (SSSR count). The summed E-state index contributed by atoms with van der Waals surface area (Å²) in [5.74, 6) is 0. The van der Waals surface area contributed by atoms with E-state index in [0.29, 0.717) is 5.41 Å². The van der Waals surface area contributed by atoms with Gasteiger partial charge in [-0.05, 0) is 50.3 Å². The van der Waals surface area contributed by atoms with Gasteiger partial charge in [0.1, 0.15) is 0 Å². The average molecular weight is 189 g/mol. The molecular weight excluding hydrogens is 170 g/mol. The fraction of sp³-hybridized carbons (Fsp3) is 0.538. The topological polar surface area (TPSA) is 26.0 Å². The van der Waals surface area contributed by atoms with Gasteiger partial charge in [0.15, 0.2) is 0 Å². The maximum atomic E-state index is 6.08. The van der Waals surface area contributed by atoms with Gasteiger partial charge in [-0.2, -0.15) is 0 Å². The normalized spacial score (nSPS) is 20.6. The van der Waals surface area contributed by atoms with Crippen molar-refractivity contribution in [2.75, 3.05) is 0 Å². The predicted octanol–water partition coefficient (Wildman–Crippen LogP) is 2.68. The van der Waals surface area contributed by atoms with Crippen LogP contribution >= 0.6 is 0 Å². The fourth-order valence-electron chi connectivity index (χ4n) is 2.40. The zero-order valence-corrected chi connectivity index (χ0v) is 9.30. The Balaban J connectivity index is 2.47. The highest BCUT2D eigenvalue weighted by molar-refractivity contribution is 5.43. The Labute approximate surface area is 86.3 Å². The summed E-state index contributed by atoms with van der Waals surface area (Å²) in [6, 6.07) is 6.86. The van der Waals surface area contributed by atoms with Crippen LogP contribution in [0.2, 0.25) is 0 Å². The van der Waals surface area contributed by atoms with Gasteiger partial charge in [-0.25, -0.2) is 0 Å². The molecule has 1 atom stereocenters. The highest BCUT2D eigenvalue weighted by Gasteiger charge is 2.48. The van der Waals surface area contributed by atoms with Crippen LogP contribution in [0.15, 0.2) is 18.2 Å². The maximum absolute atomic E-state index is 6.08. The minimum Gasteiger partial charge on any atom is -0.327 e. The van der Waals surface area contributed by atoms with Crippen molar-refractivity contribution >= 4 is 0 Å². The summed E-state index contributed by atoms with van der Waals surface area (Å²) >= 11 is 0. The molecule has 0 aliphatic heterocycles. The number of benzene rings is 1. The molecule has 1 aromatic carbocycles. The Hall–Kier alpha value is -0.820. The SMILES string of the molecule is Cc1cccc(C2(C(C)N)CC2)c1C. The summed E-state index contributed by atoms with van der Waals surface area (Å²) in [6.07, 6.45) is 2.52. The first-order valence-corrected chi connectivity index (χ1v) is 5.40. The standard InChI is InChI=1S/C13H19N/c1-9-5-4-6-12(10(9)2)13(7-8-13)11(3)14/h4-6,11H,7-8,14H2,1-3H3. The van der Waals surface area contributed by atoms with Crippen LogP contribution in [0, 0.1) is 13.8 Å². The molecule has 1 aliphatic carbocycles. The average Bonchev–Trinajstić information content (AvgIpc) is 2.90. The predicted molar refractivity (Wildman–Crippen MR) is 60.5 cm³/mol. The molecule has 1 aliphatic rings. The third-order valence-electron chi connectivity index (χ3n) is 3.80. The van der Waals surface area contributed by atoms with E-state index in [1.165, 1.54) is 29.5 Å². The van der Waals surface area contributed by atoms with Crippen molar-refractivity contribution in [3.05, 3.63) is 34.9 Å². The summed E-state index contributed by atoms with van der Waals surface area (Å²) in [7, 11) is 0. The van der Waals surface area contributed by atoms with Crippen molar-refractivity contribution in [2.45, 2.75) is 45.1 Å². The maximum Gasteiger partial charge on any atom is 0.0108 e. The largest absolute Gasteiger partial charge is 0.327 e. The van der Waals surface area contributed by atoms with E-state index in [0.717, 1.165) is 0 Å². The van der Waals surface area contributed by atoms with Gasteiger partial charge in [0.25, 0.3) is 0 Å². The van der Waals surface area contributed by atoms with Gasteiger partial charge in [0, 0.05) is 11.5 Å². The zero-order valence-electron chi connectivity index (χ0n) is 9.30. The summed E-state index contributed by atoms with van der Waals surface area (Å²) in [6.45, 7) is 6.53. The molecule has 0 bridgehead atoms. The molecule has 0 aromatic heterocycles. The van der Waals surface area contributed by atoms with Crippen molar-refractivity contribution in [2.24, 2.45) is 5.73 Å². The first-order valence-electron chi connectivity index (χ1n) is 5.40. The van der Waals surface area contributed by atoms with E-state index < -0.39 is 0 Å². The lowest BCUT2D eigenvalue weighted by Crippen LogP contribution is -2.32. The molecule has 1 nitrogen and oxygen atoms in total. The van der Waals surface area contributed by atoms with Crippen molar-refractivity contribution in [1.82, 2.24) is 0 Å². The summed E-state index contributed by atoms with van der Waals surface area (Å²) in [5, 5.41) is 0. The molecule has 1 unspecified atom stereocenters. The van der Waals surface area contributed by atoms with Gasteiger partial charge in [-0.3, -0.25) is 0 Å². The van der Waals surface area contributed by atoms with E-state index in [4.69, 9.17) is 5.73 Å². The molecule has 76 valence electrons. The van der Waals surface area contributed by atoms with Gasteiger partial charge in [-0.15, -0.1) is 0 Å². The first-order chi connectivity index (χ1) is 6.58. The fourth-order valence-corrected chi connectivity index (χ4v) is 2.40. The van der Waals surface area contributed by atoms with Crippen molar-refractivity contribution in [3.8, 4) is 0 Å². The number of hydrogen-bond donors (Lipinski definition) is 1. The number of hydrogen-bond acceptors (Lipinski definition) is 1. The van der Waals surface area contributed by atoms with Gasteiger partial charge >= 0.3 is 0 Å². The third-order valence-corrected chi connectivity index (χ3v) is 3.80. The minimum absolute atomic E-state index is 0.281. The van der Waals surface area contributed by atoms with E-state index in [-0.39, 0.29) is 6.04 Å². The monoisotopic (exact) mass is 189 g/mol. The van der Waals surface area contributed by atoms with Crippen molar-refractivity contribution < 1.29 is 0 Å². The second-order valence-corrected chi connectivity index (χ2v) is 4.69. The van der Waals surface area contributed by atoms with Crippen molar-refractivity contribution in [3.63, 3.8) is 0 Å². The van der Waals surface area contributed by atoms with Gasteiger partial charge in [0.2, 0.25) is 0 Å². The van der Waals surface area contributed by atoms with Gasteiger partial charge in [-0.1, -0.05) is 18.2 Å². The Kier molecular flexibility index (Phi) is 2.15. The minimum atomic E-state index is 0.281. The lowest BCUT2D eigenvalue weighted by atomic mass is 9.85. The molecular formula is C13H19N. The van der Waals surface area contributed by atoms with E-state index in [1.807, 2.05) is 0 Å². The lowest BCUT2D eigenvalue weighted by molar-refractivity contribution is 0.553. The van der Waals surface area contributed by atoms with Crippen LogP contribution < -0.4 is 5.73 Å². The Morgan fingerprint density at radius 2 is 1.93 bits per heavy atom. The molecule has 14 heavy (non-hydrogen) atoms. The molecule has 1 fully saturated rings. The van der Waals surface area contributed by atoms with Crippen LogP contribution in [-0.2, 0) is 5.41 Å². The zero-order chi connectivity index (χ0) is 10.3. The second-order valence-electron chi connectivity index (χ2n) is 4.69. The van der Waals surface area contributed by atoms with Crippen LogP contribution in [-0.4, -0.2) is 6.04 Å². The molecule has 1 aromatic rings. The van der Waals surface area contributed by atoms with E-state index in [9.17, 15) is 0 Å². The van der Waals surface area contributed by atoms with Crippen LogP contribution in [0.5, 0.6) is 0 Å². The van der Waals surface area contributed by atoms with Crippen molar-refractivity contribution in [1.29, 1.82) is 0 Å². The molecule has 0 saturated heterocycles. The van der Waals surface area contributed by atoms with E-state index >= 15 is 0 Å². The third kappa shape index (κ3) is 1.27. The quantitative estimate of drug-likeness (QED) is 0.760. The summed E-state index contributed by atoms with van der Waals surface area (Å²) in [4.78, 5) is 0. The number of rotatable bonds is 2. The number of nitrogens with two attached hydrogens (primary N) is 1. The molecule has 0 spiro atoms. The smallest absolute Gasteiger partial charge is 0.0108 e. The molecule has 0 heterocycles. The first kappa shape index (κ1) is 9.72.